The van der Waals surface area contributed by atoms with E-state index in [1.54, 1.807) is 0 Å². The molecule has 1 saturated carbocycles. The molecule has 0 aromatic carbocycles. The minimum Gasteiger partial charge on any atom is -0.378 e. The minimum absolute atomic E-state index is 0.294. The lowest BCUT2D eigenvalue weighted by atomic mass is 9.86. The van der Waals surface area contributed by atoms with Crippen LogP contribution in [0.1, 0.15) is 58.8 Å². The second-order valence-electron chi connectivity index (χ2n) is 6.61. The molecule has 3 heteroatoms. The highest BCUT2D eigenvalue weighted by Gasteiger charge is 2.38. The fourth-order valence-corrected chi connectivity index (χ4v) is 3.95. The molecule has 2 atom stereocenters. The van der Waals surface area contributed by atoms with E-state index in [4.69, 9.17) is 10.5 Å². The summed E-state index contributed by atoms with van der Waals surface area (Å²) in [7, 11) is 0. The fraction of sp³-hybridized carbons (Fsp3) is 1.00. The number of hydrogen-bond acceptors (Lipinski definition) is 3. The van der Waals surface area contributed by atoms with E-state index in [0.717, 1.165) is 19.1 Å². The number of ether oxygens (including phenoxy) is 1. The fourth-order valence-electron chi connectivity index (χ4n) is 3.95. The number of nitrogens with zero attached hydrogens (tertiary/aromatic N) is 1. The van der Waals surface area contributed by atoms with E-state index in [0.29, 0.717) is 11.6 Å². The van der Waals surface area contributed by atoms with Gasteiger partial charge < -0.3 is 10.5 Å². The van der Waals surface area contributed by atoms with Gasteiger partial charge in [-0.3, -0.25) is 4.90 Å². The Morgan fingerprint density at radius 1 is 1.16 bits per heavy atom. The minimum atomic E-state index is 0.294. The molecule has 19 heavy (non-hydrogen) atoms. The zero-order chi connectivity index (χ0) is 13.7. The molecule has 0 radical (unpaired) electrons. The van der Waals surface area contributed by atoms with Gasteiger partial charge in [-0.25, -0.2) is 0 Å². The molecular weight excluding hydrogens is 236 g/mol. The third kappa shape index (κ3) is 3.71. The van der Waals surface area contributed by atoms with E-state index in [1.807, 2.05) is 0 Å². The summed E-state index contributed by atoms with van der Waals surface area (Å²) in [6, 6.07) is 0. The molecule has 2 rings (SSSR count). The summed E-state index contributed by atoms with van der Waals surface area (Å²) < 4.78 is 5.77. The van der Waals surface area contributed by atoms with Crippen LogP contribution in [0.3, 0.4) is 0 Å². The molecule has 0 amide bonds. The van der Waals surface area contributed by atoms with Gasteiger partial charge in [-0.15, -0.1) is 0 Å². The molecule has 0 spiro atoms. The lowest BCUT2D eigenvalue weighted by Gasteiger charge is -2.46. The normalized spacial score (nSPS) is 35.2. The number of rotatable bonds is 4. The van der Waals surface area contributed by atoms with Crippen molar-refractivity contribution >= 4 is 0 Å². The van der Waals surface area contributed by atoms with Crippen LogP contribution in [0, 0.1) is 5.92 Å². The van der Waals surface area contributed by atoms with Crippen molar-refractivity contribution in [3.05, 3.63) is 0 Å². The molecule has 3 nitrogen and oxygen atoms in total. The number of nitrogens with two attached hydrogens (primary N) is 1. The van der Waals surface area contributed by atoms with Gasteiger partial charge in [0.1, 0.15) is 0 Å². The Hall–Kier alpha value is -0.120. The molecule has 1 heterocycles. The van der Waals surface area contributed by atoms with Crippen molar-refractivity contribution in [2.45, 2.75) is 70.4 Å². The van der Waals surface area contributed by atoms with Crippen LogP contribution >= 0.6 is 0 Å². The lowest BCUT2D eigenvalue weighted by molar-refractivity contribution is -0.0227. The lowest BCUT2D eigenvalue weighted by Crippen LogP contribution is -2.56. The van der Waals surface area contributed by atoms with Gasteiger partial charge in [-0.05, 0) is 44.9 Å². The van der Waals surface area contributed by atoms with Crippen LogP contribution in [-0.2, 0) is 4.74 Å². The van der Waals surface area contributed by atoms with Crippen molar-refractivity contribution < 1.29 is 4.74 Å². The van der Waals surface area contributed by atoms with Crippen LogP contribution in [0.5, 0.6) is 0 Å². The Morgan fingerprint density at radius 3 is 2.53 bits per heavy atom. The second kappa shape index (κ2) is 7.05. The van der Waals surface area contributed by atoms with Gasteiger partial charge in [0.2, 0.25) is 0 Å². The average Bonchev–Trinajstić information content (AvgIpc) is 2.63. The maximum absolute atomic E-state index is 6.20. The Labute approximate surface area is 118 Å². The molecule has 2 unspecified atom stereocenters. The van der Waals surface area contributed by atoms with E-state index in [2.05, 4.69) is 18.7 Å². The molecule has 2 fully saturated rings. The van der Waals surface area contributed by atoms with Gasteiger partial charge in [-0.1, -0.05) is 19.8 Å². The third-order valence-corrected chi connectivity index (χ3v) is 5.34. The first-order chi connectivity index (χ1) is 9.20. The average molecular weight is 268 g/mol. The molecule has 0 aromatic heterocycles. The van der Waals surface area contributed by atoms with Crippen LogP contribution in [-0.4, -0.2) is 42.8 Å². The van der Waals surface area contributed by atoms with E-state index >= 15 is 0 Å². The van der Waals surface area contributed by atoms with Crippen molar-refractivity contribution in [2.75, 3.05) is 26.2 Å². The standard InChI is InChI=1S/C16H32N2O/c1-3-19-15-7-11-18(12-8-15)16(13-17)9-4-5-14(2)6-10-16/h14-15H,3-13,17H2,1-2H3. The first-order valence-electron chi connectivity index (χ1n) is 8.27. The summed E-state index contributed by atoms with van der Waals surface area (Å²) in [5.74, 6) is 0.884. The second-order valence-corrected chi connectivity index (χ2v) is 6.61. The quantitative estimate of drug-likeness (QED) is 0.797. The highest BCUT2D eigenvalue weighted by atomic mass is 16.5. The molecule has 112 valence electrons. The van der Waals surface area contributed by atoms with Crippen molar-refractivity contribution in [3.63, 3.8) is 0 Å². The first kappa shape index (κ1) is 15.3. The third-order valence-electron chi connectivity index (χ3n) is 5.34. The van der Waals surface area contributed by atoms with Gasteiger partial charge in [-0.2, -0.15) is 0 Å². The summed E-state index contributed by atoms with van der Waals surface area (Å²) in [4.78, 5) is 2.70. The van der Waals surface area contributed by atoms with Crippen molar-refractivity contribution in [1.82, 2.24) is 4.90 Å². The topological polar surface area (TPSA) is 38.5 Å². The Bertz CT molecular complexity index is 263. The summed E-state index contributed by atoms with van der Waals surface area (Å²) >= 11 is 0. The summed E-state index contributed by atoms with van der Waals surface area (Å²) in [6.45, 7) is 8.53. The van der Waals surface area contributed by atoms with Crippen LogP contribution in [0.4, 0.5) is 0 Å². The first-order valence-corrected chi connectivity index (χ1v) is 8.27. The predicted octanol–water partition coefficient (Wildman–Crippen LogP) is 2.79. The maximum atomic E-state index is 6.20. The number of hydrogen-bond donors (Lipinski definition) is 1. The predicted molar refractivity (Wildman–Crippen MR) is 80.3 cm³/mol. The summed E-state index contributed by atoms with van der Waals surface area (Å²) in [5.41, 5.74) is 6.50. The van der Waals surface area contributed by atoms with Gasteiger partial charge in [0.05, 0.1) is 6.10 Å². The molecule has 1 aliphatic heterocycles. The van der Waals surface area contributed by atoms with Crippen molar-refractivity contribution in [3.8, 4) is 0 Å². The SMILES string of the molecule is CCOC1CCN(C2(CN)CCCC(C)CC2)CC1. The smallest absolute Gasteiger partial charge is 0.0599 e. The molecule has 0 bridgehead atoms. The highest BCUT2D eigenvalue weighted by molar-refractivity contribution is 4.95. The largest absolute Gasteiger partial charge is 0.378 e. The molecule has 1 aliphatic carbocycles. The van der Waals surface area contributed by atoms with Crippen LogP contribution in [0.25, 0.3) is 0 Å². The van der Waals surface area contributed by atoms with Crippen molar-refractivity contribution in [1.29, 1.82) is 0 Å². The Balaban J connectivity index is 1.94. The molecule has 2 aliphatic rings. The van der Waals surface area contributed by atoms with Crippen LogP contribution < -0.4 is 5.73 Å². The van der Waals surface area contributed by atoms with E-state index < -0.39 is 0 Å². The molecule has 0 aromatic rings. The van der Waals surface area contributed by atoms with Gasteiger partial charge in [0.25, 0.3) is 0 Å². The number of piperidine rings is 1. The van der Waals surface area contributed by atoms with Gasteiger partial charge in [0, 0.05) is 31.8 Å². The maximum Gasteiger partial charge on any atom is 0.0599 e. The van der Waals surface area contributed by atoms with E-state index in [-0.39, 0.29) is 0 Å². The molecular formula is C16H32N2O. The summed E-state index contributed by atoms with van der Waals surface area (Å²) in [6.07, 6.45) is 9.54. The Morgan fingerprint density at radius 2 is 1.89 bits per heavy atom. The summed E-state index contributed by atoms with van der Waals surface area (Å²) in [5, 5.41) is 0. The van der Waals surface area contributed by atoms with E-state index in [9.17, 15) is 0 Å². The van der Waals surface area contributed by atoms with E-state index in [1.165, 1.54) is 58.0 Å². The zero-order valence-corrected chi connectivity index (χ0v) is 12.9. The molecule has 1 saturated heterocycles. The van der Waals surface area contributed by atoms with Crippen LogP contribution in [0.15, 0.2) is 0 Å². The zero-order valence-electron chi connectivity index (χ0n) is 12.9. The molecule has 2 N–H and O–H groups in total. The monoisotopic (exact) mass is 268 g/mol. The van der Waals surface area contributed by atoms with Gasteiger partial charge in [0.15, 0.2) is 0 Å². The number of likely N-dealkylation sites (tertiary alicyclic amines) is 1. The highest BCUT2D eigenvalue weighted by Crippen LogP contribution is 2.36. The van der Waals surface area contributed by atoms with Crippen molar-refractivity contribution in [2.24, 2.45) is 11.7 Å². The van der Waals surface area contributed by atoms with Gasteiger partial charge >= 0.3 is 0 Å². The Kier molecular flexibility index (Phi) is 5.67. The van der Waals surface area contributed by atoms with Crippen LogP contribution in [0.2, 0.25) is 0 Å².